The van der Waals surface area contributed by atoms with Crippen LogP contribution in [0, 0.1) is 0 Å². The predicted octanol–water partition coefficient (Wildman–Crippen LogP) is 3.58. The van der Waals surface area contributed by atoms with Gasteiger partial charge in [-0.2, -0.15) is 0 Å². The van der Waals surface area contributed by atoms with Crippen LogP contribution in [-0.2, 0) is 19.4 Å². The van der Waals surface area contributed by atoms with Crippen molar-refractivity contribution < 1.29 is 4.74 Å². The lowest BCUT2D eigenvalue weighted by Gasteiger charge is -2.10. The fourth-order valence-corrected chi connectivity index (χ4v) is 2.93. The SMILES string of the molecule is CCc1cc(CNC2CC2)cc(OCCc2cccs2)n1. The van der Waals surface area contributed by atoms with Crippen molar-refractivity contribution in [3.63, 3.8) is 0 Å². The average Bonchev–Trinajstić information content (AvgIpc) is 3.20. The first-order valence-corrected chi connectivity index (χ1v) is 8.60. The van der Waals surface area contributed by atoms with E-state index in [-0.39, 0.29) is 0 Å². The Bertz CT molecular complexity index is 564. The van der Waals surface area contributed by atoms with Crippen LogP contribution in [0.1, 0.15) is 35.9 Å². The van der Waals surface area contributed by atoms with Crippen molar-refractivity contribution in [1.29, 1.82) is 0 Å². The van der Waals surface area contributed by atoms with E-state index in [0.29, 0.717) is 6.61 Å². The molecule has 1 aliphatic carbocycles. The van der Waals surface area contributed by atoms with Gasteiger partial charge in [0.2, 0.25) is 5.88 Å². The standard InChI is InChI=1S/C17H22N2OS/c1-2-14-10-13(12-18-15-5-6-15)11-17(19-14)20-8-7-16-4-3-9-21-16/h3-4,9-11,15,18H,2,5-8,12H2,1H3. The van der Waals surface area contributed by atoms with Gasteiger partial charge in [-0.15, -0.1) is 11.3 Å². The number of nitrogens with one attached hydrogen (secondary N) is 1. The molecule has 112 valence electrons. The second-order valence-corrected chi connectivity index (χ2v) is 6.52. The number of thiophene rings is 1. The van der Waals surface area contributed by atoms with Gasteiger partial charge in [-0.05, 0) is 42.3 Å². The Morgan fingerprint density at radius 2 is 2.29 bits per heavy atom. The van der Waals surface area contributed by atoms with Crippen LogP contribution in [0.5, 0.6) is 5.88 Å². The largest absolute Gasteiger partial charge is 0.477 e. The first kappa shape index (κ1) is 14.5. The van der Waals surface area contributed by atoms with Gasteiger partial charge in [0.15, 0.2) is 0 Å². The summed E-state index contributed by atoms with van der Waals surface area (Å²) in [6.07, 6.45) is 4.52. The summed E-state index contributed by atoms with van der Waals surface area (Å²) in [4.78, 5) is 5.93. The predicted molar refractivity (Wildman–Crippen MR) is 87.0 cm³/mol. The van der Waals surface area contributed by atoms with E-state index in [4.69, 9.17) is 4.74 Å². The number of hydrogen-bond acceptors (Lipinski definition) is 4. The van der Waals surface area contributed by atoms with Gasteiger partial charge in [0.25, 0.3) is 0 Å². The van der Waals surface area contributed by atoms with Crippen molar-refractivity contribution in [2.24, 2.45) is 0 Å². The molecule has 0 bridgehead atoms. The van der Waals surface area contributed by atoms with E-state index in [9.17, 15) is 0 Å². The monoisotopic (exact) mass is 302 g/mol. The van der Waals surface area contributed by atoms with Crippen LogP contribution in [-0.4, -0.2) is 17.6 Å². The molecule has 2 heterocycles. The van der Waals surface area contributed by atoms with Crippen molar-refractivity contribution in [1.82, 2.24) is 10.3 Å². The maximum absolute atomic E-state index is 5.85. The molecule has 0 aliphatic heterocycles. The van der Waals surface area contributed by atoms with Crippen LogP contribution in [0.15, 0.2) is 29.6 Å². The average molecular weight is 302 g/mol. The van der Waals surface area contributed by atoms with Gasteiger partial charge < -0.3 is 10.1 Å². The molecule has 1 fully saturated rings. The Balaban J connectivity index is 1.57. The fraction of sp³-hybridized carbons (Fsp3) is 0.471. The first-order chi connectivity index (χ1) is 10.3. The minimum absolute atomic E-state index is 0.691. The molecule has 0 amide bonds. The Hall–Kier alpha value is -1.39. The van der Waals surface area contributed by atoms with Gasteiger partial charge in [0.1, 0.15) is 0 Å². The van der Waals surface area contributed by atoms with E-state index >= 15 is 0 Å². The maximum atomic E-state index is 5.85. The molecule has 0 saturated heterocycles. The lowest BCUT2D eigenvalue weighted by Crippen LogP contribution is -2.16. The third-order valence-electron chi connectivity index (χ3n) is 3.63. The zero-order chi connectivity index (χ0) is 14.5. The summed E-state index contributed by atoms with van der Waals surface area (Å²) < 4.78 is 5.85. The minimum atomic E-state index is 0.691. The summed E-state index contributed by atoms with van der Waals surface area (Å²) in [6.45, 7) is 3.74. The quantitative estimate of drug-likeness (QED) is 0.809. The topological polar surface area (TPSA) is 34.1 Å². The second-order valence-electron chi connectivity index (χ2n) is 5.49. The number of nitrogens with zero attached hydrogens (tertiary/aromatic N) is 1. The smallest absolute Gasteiger partial charge is 0.213 e. The van der Waals surface area contributed by atoms with Gasteiger partial charge in [0.05, 0.1) is 6.61 Å². The molecule has 2 aromatic heterocycles. The van der Waals surface area contributed by atoms with Crippen LogP contribution in [0.4, 0.5) is 0 Å². The zero-order valence-corrected chi connectivity index (χ0v) is 13.3. The van der Waals surface area contributed by atoms with Crippen LogP contribution >= 0.6 is 11.3 Å². The molecule has 0 unspecified atom stereocenters. The number of ether oxygens (including phenoxy) is 1. The van der Waals surface area contributed by atoms with Gasteiger partial charge >= 0.3 is 0 Å². The Morgan fingerprint density at radius 3 is 3.00 bits per heavy atom. The molecule has 1 saturated carbocycles. The third kappa shape index (κ3) is 4.55. The van der Waals surface area contributed by atoms with Crippen LogP contribution < -0.4 is 10.1 Å². The fourth-order valence-electron chi connectivity index (χ4n) is 2.24. The highest BCUT2D eigenvalue weighted by Crippen LogP contribution is 2.20. The number of aromatic nitrogens is 1. The zero-order valence-electron chi connectivity index (χ0n) is 12.5. The highest BCUT2D eigenvalue weighted by molar-refractivity contribution is 7.09. The van der Waals surface area contributed by atoms with Gasteiger partial charge in [-0.25, -0.2) is 4.98 Å². The van der Waals surface area contributed by atoms with E-state index in [1.54, 1.807) is 11.3 Å². The molecule has 3 nitrogen and oxygen atoms in total. The Labute approximate surface area is 130 Å². The van der Waals surface area contributed by atoms with E-state index < -0.39 is 0 Å². The summed E-state index contributed by atoms with van der Waals surface area (Å²) >= 11 is 1.78. The normalized spacial score (nSPS) is 14.3. The highest BCUT2D eigenvalue weighted by atomic mass is 32.1. The summed E-state index contributed by atoms with van der Waals surface area (Å²) in [5.41, 5.74) is 2.39. The van der Waals surface area contributed by atoms with Gasteiger partial charge in [-0.3, -0.25) is 0 Å². The number of rotatable bonds is 8. The molecule has 1 aliphatic rings. The molecule has 0 spiro atoms. The minimum Gasteiger partial charge on any atom is -0.477 e. The molecule has 0 atom stereocenters. The van der Waals surface area contributed by atoms with E-state index in [1.807, 2.05) is 0 Å². The van der Waals surface area contributed by atoms with Crippen molar-refractivity contribution in [2.45, 2.75) is 45.2 Å². The molecule has 2 aromatic rings. The molecule has 0 aromatic carbocycles. The van der Waals surface area contributed by atoms with E-state index in [1.165, 1.54) is 23.3 Å². The van der Waals surface area contributed by atoms with Crippen molar-refractivity contribution in [2.75, 3.05) is 6.61 Å². The molecule has 21 heavy (non-hydrogen) atoms. The van der Waals surface area contributed by atoms with Crippen LogP contribution in [0.3, 0.4) is 0 Å². The highest BCUT2D eigenvalue weighted by Gasteiger charge is 2.20. The summed E-state index contributed by atoms with van der Waals surface area (Å²) in [6, 6.07) is 9.21. The molecular formula is C17H22N2OS. The Morgan fingerprint density at radius 1 is 1.38 bits per heavy atom. The van der Waals surface area contributed by atoms with Crippen molar-refractivity contribution in [3.05, 3.63) is 45.8 Å². The lowest BCUT2D eigenvalue weighted by atomic mass is 10.2. The van der Waals surface area contributed by atoms with E-state index in [2.05, 4.69) is 46.9 Å². The van der Waals surface area contributed by atoms with Crippen LogP contribution in [0.25, 0.3) is 0 Å². The first-order valence-electron chi connectivity index (χ1n) is 7.72. The summed E-state index contributed by atoms with van der Waals surface area (Å²) in [5, 5.41) is 5.65. The maximum Gasteiger partial charge on any atom is 0.213 e. The summed E-state index contributed by atoms with van der Waals surface area (Å²) in [7, 11) is 0. The van der Waals surface area contributed by atoms with Crippen molar-refractivity contribution >= 4 is 11.3 Å². The molecule has 3 rings (SSSR count). The third-order valence-corrected chi connectivity index (χ3v) is 4.56. The molecule has 4 heteroatoms. The lowest BCUT2D eigenvalue weighted by molar-refractivity contribution is 0.309. The van der Waals surface area contributed by atoms with E-state index in [0.717, 1.165) is 37.0 Å². The second kappa shape index (κ2) is 7.05. The number of hydrogen-bond donors (Lipinski definition) is 1. The summed E-state index contributed by atoms with van der Waals surface area (Å²) in [5.74, 6) is 0.763. The van der Waals surface area contributed by atoms with Gasteiger partial charge in [0, 0.05) is 35.6 Å². The van der Waals surface area contributed by atoms with Crippen molar-refractivity contribution in [3.8, 4) is 5.88 Å². The molecule has 1 N–H and O–H groups in total. The molecule has 0 radical (unpaired) electrons. The molecular weight excluding hydrogens is 280 g/mol. The van der Waals surface area contributed by atoms with Gasteiger partial charge in [-0.1, -0.05) is 13.0 Å². The van der Waals surface area contributed by atoms with Crippen LogP contribution in [0.2, 0.25) is 0 Å². The Kier molecular flexibility index (Phi) is 4.88. The number of pyridine rings is 1. The number of aryl methyl sites for hydroxylation is 1.